The number of benzene rings is 8. The van der Waals surface area contributed by atoms with Gasteiger partial charge in [0.1, 0.15) is 0 Å². The zero-order valence-corrected chi connectivity index (χ0v) is 29.5. The second kappa shape index (κ2) is 13.0. The van der Waals surface area contributed by atoms with Gasteiger partial charge in [0.05, 0.1) is 0 Å². The lowest BCUT2D eigenvalue weighted by Crippen LogP contribution is -2.15. The van der Waals surface area contributed by atoms with Crippen LogP contribution in [0.4, 0.5) is 17.1 Å². The number of nitrogens with zero attached hydrogens (tertiary/aromatic N) is 1. The van der Waals surface area contributed by atoms with Gasteiger partial charge in [0, 0.05) is 22.5 Å². The fourth-order valence-corrected chi connectivity index (χ4v) is 8.01. The maximum Gasteiger partial charge on any atom is 0.0473 e. The molecule has 0 heterocycles. The molecule has 0 aromatic heterocycles. The van der Waals surface area contributed by atoms with Crippen molar-refractivity contribution in [2.75, 3.05) is 4.90 Å². The van der Waals surface area contributed by atoms with Gasteiger partial charge in [-0.3, -0.25) is 0 Å². The maximum absolute atomic E-state index is 2.43. The normalized spacial score (nSPS) is 12.6. The van der Waals surface area contributed by atoms with Gasteiger partial charge in [-0.15, -0.1) is 0 Å². The topological polar surface area (TPSA) is 3.24 Å². The summed E-state index contributed by atoms with van der Waals surface area (Å²) < 4.78 is 0. The van der Waals surface area contributed by atoms with Gasteiger partial charge in [0.25, 0.3) is 0 Å². The van der Waals surface area contributed by atoms with E-state index >= 15 is 0 Å². The first kappa shape index (κ1) is 31.5. The van der Waals surface area contributed by atoms with Crippen molar-refractivity contribution in [2.45, 2.75) is 19.3 Å². The van der Waals surface area contributed by atoms with Crippen LogP contribution in [0.15, 0.2) is 200 Å². The molecule has 0 unspecified atom stereocenters. The molecule has 0 atom stereocenters. The Labute approximate surface area is 307 Å². The Bertz CT molecular complexity index is 2440. The van der Waals surface area contributed by atoms with E-state index in [0.717, 1.165) is 17.1 Å². The lowest BCUT2D eigenvalue weighted by Gasteiger charge is -2.28. The van der Waals surface area contributed by atoms with Crippen LogP contribution in [0.2, 0.25) is 0 Å². The molecule has 8 aromatic rings. The van der Waals surface area contributed by atoms with Crippen molar-refractivity contribution in [3.63, 3.8) is 0 Å². The van der Waals surface area contributed by atoms with Gasteiger partial charge in [-0.1, -0.05) is 172 Å². The van der Waals surface area contributed by atoms with Crippen LogP contribution in [0.1, 0.15) is 25.0 Å². The Kier molecular flexibility index (Phi) is 7.90. The lowest BCUT2D eigenvalue weighted by molar-refractivity contribution is 0.660. The zero-order valence-electron chi connectivity index (χ0n) is 29.5. The van der Waals surface area contributed by atoms with Crippen molar-refractivity contribution in [3.05, 3.63) is 211 Å². The summed E-state index contributed by atoms with van der Waals surface area (Å²) in [6.45, 7) is 4.73. The van der Waals surface area contributed by atoms with Crippen LogP contribution in [0.5, 0.6) is 0 Å². The van der Waals surface area contributed by atoms with Crippen molar-refractivity contribution in [3.8, 4) is 55.6 Å². The van der Waals surface area contributed by atoms with Crippen molar-refractivity contribution in [2.24, 2.45) is 0 Å². The predicted octanol–water partition coefficient (Wildman–Crippen LogP) is 14.1. The first-order chi connectivity index (χ1) is 25.5. The average Bonchev–Trinajstić information content (AvgIpc) is 3.45. The molecular formula is C51H39N. The monoisotopic (exact) mass is 665 g/mol. The third-order valence-corrected chi connectivity index (χ3v) is 10.6. The summed E-state index contributed by atoms with van der Waals surface area (Å²) in [6.07, 6.45) is 0. The first-order valence-corrected chi connectivity index (χ1v) is 18.1. The molecule has 9 rings (SSSR count). The van der Waals surface area contributed by atoms with E-state index in [-0.39, 0.29) is 5.41 Å². The molecule has 0 saturated heterocycles. The van der Waals surface area contributed by atoms with E-state index in [1.165, 1.54) is 66.8 Å². The van der Waals surface area contributed by atoms with Crippen molar-refractivity contribution in [1.82, 2.24) is 0 Å². The smallest absolute Gasteiger partial charge is 0.0473 e. The highest BCUT2D eigenvalue weighted by Crippen LogP contribution is 2.54. The second-order valence-corrected chi connectivity index (χ2v) is 14.2. The van der Waals surface area contributed by atoms with E-state index in [9.17, 15) is 0 Å². The molecule has 1 aliphatic carbocycles. The SMILES string of the molecule is CC1(C)c2ccc(N(c3ccc(-c4ccccc4)cc3)c3cc(-c4ccccc4)cc(-c4ccccc4)c3)cc2-c2c(-c3ccccc3)cccc21. The predicted molar refractivity (Wildman–Crippen MR) is 220 cm³/mol. The van der Waals surface area contributed by atoms with Gasteiger partial charge in [-0.05, 0) is 109 Å². The van der Waals surface area contributed by atoms with Crippen LogP contribution in [-0.4, -0.2) is 0 Å². The van der Waals surface area contributed by atoms with E-state index < -0.39 is 0 Å². The van der Waals surface area contributed by atoms with E-state index in [4.69, 9.17) is 0 Å². The molecule has 0 amide bonds. The molecule has 0 N–H and O–H groups in total. The molecule has 248 valence electrons. The van der Waals surface area contributed by atoms with E-state index in [0.29, 0.717) is 0 Å². The quantitative estimate of drug-likeness (QED) is 0.164. The molecule has 0 spiro atoms. The highest BCUT2D eigenvalue weighted by molar-refractivity contribution is 5.95. The van der Waals surface area contributed by atoms with Crippen LogP contribution in [-0.2, 0) is 5.41 Å². The molecule has 0 fully saturated rings. The number of fused-ring (bicyclic) bond motifs is 3. The Hall–Kier alpha value is -6.44. The third-order valence-electron chi connectivity index (χ3n) is 10.6. The fourth-order valence-electron chi connectivity index (χ4n) is 8.01. The van der Waals surface area contributed by atoms with Gasteiger partial charge in [0.15, 0.2) is 0 Å². The summed E-state index contributed by atoms with van der Waals surface area (Å²) in [5, 5.41) is 0. The Morgan fingerprint density at radius 2 is 0.788 bits per heavy atom. The molecule has 1 heteroatoms. The lowest BCUT2D eigenvalue weighted by atomic mass is 9.82. The molecule has 1 aliphatic rings. The third kappa shape index (κ3) is 5.61. The van der Waals surface area contributed by atoms with Crippen molar-refractivity contribution < 1.29 is 0 Å². The van der Waals surface area contributed by atoms with Crippen LogP contribution in [0.25, 0.3) is 55.6 Å². The first-order valence-electron chi connectivity index (χ1n) is 18.1. The molecule has 52 heavy (non-hydrogen) atoms. The summed E-state index contributed by atoms with van der Waals surface area (Å²) >= 11 is 0. The minimum atomic E-state index is -0.121. The van der Waals surface area contributed by atoms with Gasteiger partial charge in [-0.2, -0.15) is 0 Å². The van der Waals surface area contributed by atoms with E-state index in [1.54, 1.807) is 0 Å². The van der Waals surface area contributed by atoms with Crippen molar-refractivity contribution >= 4 is 17.1 Å². The summed E-state index contributed by atoms with van der Waals surface area (Å²) in [7, 11) is 0. The average molecular weight is 666 g/mol. The van der Waals surface area contributed by atoms with Gasteiger partial charge in [-0.25, -0.2) is 0 Å². The number of anilines is 3. The highest BCUT2D eigenvalue weighted by Gasteiger charge is 2.37. The highest BCUT2D eigenvalue weighted by atomic mass is 15.1. The molecule has 1 nitrogen and oxygen atoms in total. The summed E-state index contributed by atoms with van der Waals surface area (Å²) in [4.78, 5) is 2.43. The van der Waals surface area contributed by atoms with Crippen LogP contribution >= 0.6 is 0 Å². The van der Waals surface area contributed by atoms with Gasteiger partial charge in [0.2, 0.25) is 0 Å². The molecule has 0 radical (unpaired) electrons. The molecule has 0 aliphatic heterocycles. The second-order valence-electron chi connectivity index (χ2n) is 14.2. The van der Waals surface area contributed by atoms with Crippen molar-refractivity contribution in [1.29, 1.82) is 0 Å². The van der Waals surface area contributed by atoms with E-state index in [2.05, 4.69) is 219 Å². The minimum absolute atomic E-state index is 0.121. The number of rotatable bonds is 7. The summed E-state index contributed by atoms with van der Waals surface area (Å²) in [5.74, 6) is 0. The standard InChI is InChI=1S/C51H39N/c1-51(2)48-31-30-44(35-47(48)50-46(24-15-25-49(50)51)40-22-13-6-14-23-40)52(43-28-26-39(27-29-43)36-16-7-3-8-17-36)45-33-41(37-18-9-4-10-19-37)32-42(34-45)38-20-11-5-12-21-38/h3-35H,1-2H3. The Balaban J connectivity index is 1.27. The van der Waals surface area contributed by atoms with Gasteiger partial charge < -0.3 is 4.90 Å². The summed E-state index contributed by atoms with van der Waals surface area (Å²) in [5.41, 5.74) is 18.3. The molecule has 0 bridgehead atoms. The minimum Gasteiger partial charge on any atom is -0.310 e. The van der Waals surface area contributed by atoms with Crippen LogP contribution in [0.3, 0.4) is 0 Å². The molecule has 8 aromatic carbocycles. The van der Waals surface area contributed by atoms with Crippen LogP contribution < -0.4 is 4.90 Å². The van der Waals surface area contributed by atoms with Gasteiger partial charge >= 0.3 is 0 Å². The number of hydrogen-bond donors (Lipinski definition) is 0. The fraction of sp³-hybridized carbons (Fsp3) is 0.0588. The maximum atomic E-state index is 2.43. The van der Waals surface area contributed by atoms with Crippen LogP contribution in [0, 0.1) is 0 Å². The molecular weight excluding hydrogens is 627 g/mol. The molecule has 0 saturated carbocycles. The Morgan fingerprint density at radius 3 is 1.35 bits per heavy atom. The Morgan fingerprint density at radius 1 is 0.308 bits per heavy atom. The van der Waals surface area contributed by atoms with E-state index in [1.807, 2.05) is 0 Å². The summed E-state index contributed by atoms with van der Waals surface area (Å²) in [6, 6.07) is 72.8. The largest absolute Gasteiger partial charge is 0.310 e. The zero-order chi connectivity index (χ0) is 35.1. The number of hydrogen-bond acceptors (Lipinski definition) is 1.